The molecular formula is C20H21FN4OS. The second-order valence-electron chi connectivity index (χ2n) is 7.10. The number of thiazole rings is 1. The van der Waals surface area contributed by atoms with Crippen molar-refractivity contribution in [2.45, 2.75) is 45.1 Å². The van der Waals surface area contributed by atoms with Gasteiger partial charge in [-0.2, -0.15) is 0 Å². The second-order valence-corrected chi connectivity index (χ2v) is 7.99. The maximum atomic E-state index is 14.3. The lowest BCUT2D eigenvalue weighted by molar-refractivity contribution is 0.248. The van der Waals surface area contributed by atoms with Crippen molar-refractivity contribution in [3.05, 3.63) is 52.0 Å². The molecule has 0 unspecified atom stereocenters. The number of anilines is 1. The van der Waals surface area contributed by atoms with Crippen LogP contribution < -0.4 is 10.6 Å². The Balaban J connectivity index is 1.45. The van der Waals surface area contributed by atoms with Crippen LogP contribution in [-0.2, 0) is 0 Å². The number of amides is 2. The molecule has 2 amide bonds. The van der Waals surface area contributed by atoms with E-state index in [0.29, 0.717) is 11.3 Å². The van der Waals surface area contributed by atoms with Crippen molar-refractivity contribution in [2.75, 3.05) is 5.32 Å². The number of fused-ring (bicyclic) bond motifs is 1. The third kappa shape index (κ3) is 3.78. The number of hydrogen-bond donors (Lipinski definition) is 2. The number of rotatable bonds is 3. The highest BCUT2D eigenvalue weighted by atomic mass is 32.1. The van der Waals surface area contributed by atoms with Gasteiger partial charge >= 0.3 is 6.03 Å². The van der Waals surface area contributed by atoms with Crippen molar-refractivity contribution in [1.29, 1.82) is 0 Å². The summed E-state index contributed by atoms with van der Waals surface area (Å²) in [7, 11) is 0. The van der Waals surface area contributed by atoms with Crippen LogP contribution in [0.25, 0.3) is 10.8 Å². The summed E-state index contributed by atoms with van der Waals surface area (Å²) in [4.78, 5) is 21.3. The number of aromatic nitrogens is 2. The molecule has 1 saturated carbocycles. The number of halogens is 1. The highest BCUT2D eigenvalue weighted by Crippen LogP contribution is 2.36. The summed E-state index contributed by atoms with van der Waals surface area (Å²) >= 11 is 1.68. The highest BCUT2D eigenvalue weighted by Gasteiger charge is 2.29. The van der Waals surface area contributed by atoms with Crippen LogP contribution in [0.1, 0.15) is 41.6 Å². The SMILES string of the molecule is Cc1cc2c(NC(=O)N[C@@H]3CC[C@@H](c4nc(C)cs4)C3)c(F)ccc2cn1. The number of carbonyl (C=O) groups excluding carboxylic acids is 1. The third-order valence-corrected chi connectivity index (χ3v) is 6.11. The van der Waals surface area contributed by atoms with E-state index in [1.807, 2.05) is 13.8 Å². The molecule has 3 aromatic rings. The molecular weight excluding hydrogens is 363 g/mol. The molecule has 2 heterocycles. The average Bonchev–Trinajstić information content (AvgIpc) is 3.26. The van der Waals surface area contributed by atoms with Gasteiger partial charge in [0.15, 0.2) is 0 Å². The molecule has 27 heavy (non-hydrogen) atoms. The van der Waals surface area contributed by atoms with Crippen LogP contribution >= 0.6 is 11.3 Å². The van der Waals surface area contributed by atoms with E-state index in [9.17, 15) is 9.18 Å². The van der Waals surface area contributed by atoms with Gasteiger partial charge in [0.25, 0.3) is 0 Å². The average molecular weight is 384 g/mol. The fourth-order valence-electron chi connectivity index (χ4n) is 3.65. The molecule has 0 aliphatic heterocycles. The van der Waals surface area contributed by atoms with E-state index in [1.54, 1.807) is 29.7 Å². The van der Waals surface area contributed by atoms with E-state index < -0.39 is 5.82 Å². The van der Waals surface area contributed by atoms with Crippen LogP contribution in [0.2, 0.25) is 0 Å². The number of hydrogen-bond acceptors (Lipinski definition) is 4. The zero-order valence-corrected chi connectivity index (χ0v) is 16.1. The van der Waals surface area contributed by atoms with Gasteiger partial charge in [-0.05, 0) is 51.3 Å². The first-order chi connectivity index (χ1) is 13.0. The first-order valence-corrected chi connectivity index (χ1v) is 9.92. The minimum absolute atomic E-state index is 0.0700. The molecule has 0 saturated heterocycles. The summed E-state index contributed by atoms with van der Waals surface area (Å²) in [5.41, 5.74) is 2.01. The van der Waals surface area contributed by atoms with E-state index in [1.165, 1.54) is 6.07 Å². The Morgan fingerprint density at radius 3 is 2.89 bits per heavy atom. The fourth-order valence-corrected chi connectivity index (χ4v) is 4.60. The van der Waals surface area contributed by atoms with E-state index in [2.05, 4.69) is 26.0 Å². The number of benzene rings is 1. The summed E-state index contributed by atoms with van der Waals surface area (Å²) in [6, 6.07) is 4.49. The van der Waals surface area contributed by atoms with Crippen molar-refractivity contribution in [3.8, 4) is 0 Å². The maximum Gasteiger partial charge on any atom is 0.319 e. The molecule has 2 aromatic heterocycles. The molecule has 1 fully saturated rings. The lowest BCUT2D eigenvalue weighted by atomic mass is 10.1. The number of aryl methyl sites for hydroxylation is 2. The Labute approximate surface area is 161 Å². The van der Waals surface area contributed by atoms with E-state index in [-0.39, 0.29) is 17.8 Å². The van der Waals surface area contributed by atoms with Gasteiger partial charge in [0.2, 0.25) is 0 Å². The molecule has 0 radical (unpaired) electrons. The number of nitrogens with zero attached hydrogens (tertiary/aromatic N) is 2. The molecule has 0 spiro atoms. The van der Waals surface area contributed by atoms with Crippen LogP contribution in [0.15, 0.2) is 29.8 Å². The summed E-state index contributed by atoms with van der Waals surface area (Å²) in [5, 5.41) is 10.3. The van der Waals surface area contributed by atoms with E-state index in [0.717, 1.165) is 41.0 Å². The Bertz CT molecular complexity index is 998. The van der Waals surface area contributed by atoms with Crippen molar-refractivity contribution in [3.63, 3.8) is 0 Å². The Hall–Kier alpha value is -2.54. The molecule has 0 bridgehead atoms. The van der Waals surface area contributed by atoms with Crippen LogP contribution in [-0.4, -0.2) is 22.0 Å². The van der Waals surface area contributed by atoms with Crippen molar-refractivity contribution < 1.29 is 9.18 Å². The quantitative estimate of drug-likeness (QED) is 0.675. The molecule has 2 N–H and O–H groups in total. The van der Waals surface area contributed by atoms with E-state index in [4.69, 9.17) is 0 Å². The number of carbonyl (C=O) groups is 1. The Morgan fingerprint density at radius 2 is 2.11 bits per heavy atom. The smallest absolute Gasteiger partial charge is 0.319 e. The molecule has 1 aromatic carbocycles. The zero-order valence-electron chi connectivity index (χ0n) is 15.3. The summed E-state index contributed by atoms with van der Waals surface area (Å²) < 4.78 is 14.3. The molecule has 1 aliphatic carbocycles. The first-order valence-electron chi connectivity index (χ1n) is 9.04. The molecule has 4 rings (SSSR count). The maximum absolute atomic E-state index is 14.3. The number of nitrogens with one attached hydrogen (secondary N) is 2. The van der Waals surface area contributed by atoms with Gasteiger partial charge in [0, 0.05) is 45.7 Å². The predicted molar refractivity (Wildman–Crippen MR) is 106 cm³/mol. The third-order valence-electron chi connectivity index (χ3n) is 4.98. The van der Waals surface area contributed by atoms with Crippen molar-refractivity contribution in [2.24, 2.45) is 0 Å². The van der Waals surface area contributed by atoms with Crippen LogP contribution in [0.3, 0.4) is 0 Å². The van der Waals surface area contributed by atoms with Crippen molar-refractivity contribution >= 4 is 33.8 Å². The van der Waals surface area contributed by atoms with E-state index >= 15 is 0 Å². The molecule has 5 nitrogen and oxygen atoms in total. The highest BCUT2D eigenvalue weighted by molar-refractivity contribution is 7.09. The number of urea groups is 1. The number of pyridine rings is 1. The summed E-state index contributed by atoms with van der Waals surface area (Å²) in [5.74, 6) is -0.0668. The van der Waals surface area contributed by atoms with Gasteiger partial charge in [0.1, 0.15) is 5.82 Å². The van der Waals surface area contributed by atoms with Crippen LogP contribution in [0.5, 0.6) is 0 Å². The summed E-state index contributed by atoms with van der Waals surface area (Å²) in [6.07, 6.45) is 4.45. The molecule has 7 heteroatoms. The van der Waals surface area contributed by atoms with Crippen LogP contribution in [0, 0.1) is 19.7 Å². The predicted octanol–water partition coefficient (Wildman–Crippen LogP) is 4.91. The Morgan fingerprint density at radius 1 is 1.26 bits per heavy atom. The first kappa shape index (κ1) is 17.9. The van der Waals surface area contributed by atoms with Gasteiger partial charge in [-0.3, -0.25) is 4.98 Å². The minimum atomic E-state index is -0.453. The Kier molecular flexibility index (Phi) is 4.78. The van der Waals surface area contributed by atoms with Crippen LogP contribution in [0.4, 0.5) is 14.9 Å². The molecule has 140 valence electrons. The topological polar surface area (TPSA) is 66.9 Å². The second kappa shape index (κ2) is 7.23. The fraction of sp³-hybridized carbons (Fsp3) is 0.350. The van der Waals surface area contributed by atoms with Crippen molar-refractivity contribution in [1.82, 2.24) is 15.3 Å². The normalized spacial score (nSPS) is 19.4. The van der Waals surface area contributed by atoms with Gasteiger partial charge < -0.3 is 10.6 Å². The largest absolute Gasteiger partial charge is 0.335 e. The molecule has 1 aliphatic rings. The monoisotopic (exact) mass is 384 g/mol. The minimum Gasteiger partial charge on any atom is -0.335 e. The lowest BCUT2D eigenvalue weighted by Crippen LogP contribution is -2.36. The van der Waals surface area contributed by atoms with Gasteiger partial charge in [-0.1, -0.05) is 0 Å². The summed E-state index contributed by atoms with van der Waals surface area (Å²) in [6.45, 7) is 3.83. The zero-order chi connectivity index (χ0) is 19.0. The van der Waals surface area contributed by atoms with Gasteiger partial charge in [0.05, 0.1) is 10.7 Å². The van der Waals surface area contributed by atoms with Gasteiger partial charge in [-0.15, -0.1) is 11.3 Å². The van der Waals surface area contributed by atoms with Gasteiger partial charge in [-0.25, -0.2) is 14.2 Å². The molecule has 2 atom stereocenters. The lowest BCUT2D eigenvalue weighted by Gasteiger charge is -2.15. The standard InChI is InChI=1S/C20H21FN4OS/c1-11-7-16-14(9-22-11)4-6-17(21)18(16)25-20(26)24-15-5-3-13(8-15)19-23-12(2)10-27-19/h4,6-7,9-10,13,15H,3,5,8H2,1-2H3,(H2,24,25,26)/t13-,15-/m1/s1.